The molecule has 0 spiro atoms. The fourth-order valence-corrected chi connectivity index (χ4v) is 5.63. The zero-order chi connectivity index (χ0) is 32.8. The second kappa shape index (κ2) is 14.4. The van der Waals surface area contributed by atoms with E-state index >= 15 is 4.39 Å². The average molecular weight is 638 g/mol. The van der Waals surface area contributed by atoms with Crippen LogP contribution in [0.25, 0.3) is 16.6 Å². The summed E-state index contributed by atoms with van der Waals surface area (Å²) < 4.78 is 34.2. The summed E-state index contributed by atoms with van der Waals surface area (Å²) in [5.74, 6) is 0.168. The van der Waals surface area contributed by atoms with Crippen molar-refractivity contribution in [1.29, 1.82) is 0 Å². The Labute approximate surface area is 271 Å². The molecule has 5 aromatic rings. The molecular formula is C36H36FN5O5. The number of likely N-dealkylation sites (tertiary alicyclic amines) is 1. The number of nitrogens with zero attached hydrogens (tertiary/aromatic N) is 4. The number of nitrogens with one attached hydrogen (secondary N) is 1. The number of rotatable bonds is 11. The van der Waals surface area contributed by atoms with E-state index in [9.17, 15) is 9.59 Å². The van der Waals surface area contributed by atoms with Gasteiger partial charge in [-0.25, -0.2) is 4.39 Å². The summed E-state index contributed by atoms with van der Waals surface area (Å²) in [5.41, 5.74) is 1.24. The number of aromatic nitrogens is 3. The normalized spacial score (nSPS) is 13.3. The summed E-state index contributed by atoms with van der Waals surface area (Å²) in [6, 6.07) is 19.4. The molecule has 47 heavy (non-hydrogen) atoms. The van der Waals surface area contributed by atoms with Gasteiger partial charge in [0.15, 0.2) is 28.8 Å². The molecule has 242 valence electrons. The largest absolute Gasteiger partial charge is 0.493 e. The van der Waals surface area contributed by atoms with Gasteiger partial charge in [-0.05, 0) is 81.2 Å². The van der Waals surface area contributed by atoms with Gasteiger partial charge in [-0.3, -0.25) is 14.6 Å². The quantitative estimate of drug-likeness (QED) is 0.163. The molecule has 10 nitrogen and oxygen atoms in total. The van der Waals surface area contributed by atoms with Crippen LogP contribution in [0.3, 0.4) is 0 Å². The molecule has 1 amide bonds. The van der Waals surface area contributed by atoms with Crippen LogP contribution in [0, 0.1) is 12.7 Å². The first-order chi connectivity index (χ1) is 22.9. The lowest BCUT2D eigenvalue weighted by Gasteiger charge is -2.26. The number of fused-ring (bicyclic) bond motifs is 1. The minimum absolute atomic E-state index is 0.0386. The van der Waals surface area contributed by atoms with Crippen molar-refractivity contribution in [2.24, 2.45) is 0 Å². The van der Waals surface area contributed by atoms with Crippen molar-refractivity contribution >= 4 is 22.5 Å². The first-order valence-electron chi connectivity index (χ1n) is 15.7. The summed E-state index contributed by atoms with van der Waals surface area (Å²) in [7, 11) is 1.56. The van der Waals surface area contributed by atoms with Crippen molar-refractivity contribution < 1.29 is 23.4 Å². The number of para-hydroxylation sites is 1. The van der Waals surface area contributed by atoms with Crippen molar-refractivity contribution in [3.8, 4) is 28.7 Å². The molecular weight excluding hydrogens is 601 g/mol. The van der Waals surface area contributed by atoms with Crippen molar-refractivity contribution in [3.63, 3.8) is 0 Å². The summed E-state index contributed by atoms with van der Waals surface area (Å²) in [4.78, 5) is 32.7. The highest BCUT2D eigenvalue weighted by Crippen LogP contribution is 2.37. The highest BCUT2D eigenvalue weighted by molar-refractivity contribution is 6.03. The van der Waals surface area contributed by atoms with Crippen LogP contribution < -0.4 is 25.1 Å². The molecule has 3 aromatic carbocycles. The number of ether oxygens (including phenoxy) is 3. The summed E-state index contributed by atoms with van der Waals surface area (Å²) in [5, 5.41) is 7.63. The lowest BCUT2D eigenvalue weighted by Crippen LogP contribution is -2.31. The van der Waals surface area contributed by atoms with E-state index in [1.165, 1.54) is 37.5 Å². The Balaban J connectivity index is 1.19. The maximum absolute atomic E-state index is 15.5. The molecule has 0 atom stereocenters. The van der Waals surface area contributed by atoms with Gasteiger partial charge >= 0.3 is 0 Å². The zero-order valence-electron chi connectivity index (χ0n) is 26.4. The third-order valence-corrected chi connectivity index (χ3v) is 8.06. The fourth-order valence-electron chi connectivity index (χ4n) is 5.63. The van der Waals surface area contributed by atoms with Crippen LogP contribution in [0.2, 0.25) is 0 Å². The molecule has 1 fully saturated rings. The van der Waals surface area contributed by atoms with Crippen molar-refractivity contribution in [1.82, 2.24) is 19.7 Å². The number of hydrogen-bond acceptors (Lipinski definition) is 8. The van der Waals surface area contributed by atoms with E-state index < -0.39 is 17.3 Å². The van der Waals surface area contributed by atoms with Crippen LogP contribution in [-0.2, 0) is 0 Å². The minimum Gasteiger partial charge on any atom is -0.493 e. The van der Waals surface area contributed by atoms with Gasteiger partial charge < -0.3 is 24.4 Å². The molecule has 1 aliphatic heterocycles. The number of anilines is 1. The number of methoxy groups -OCH3 is 1. The number of halogens is 1. The highest BCUT2D eigenvalue weighted by atomic mass is 19.1. The van der Waals surface area contributed by atoms with Gasteiger partial charge in [-0.2, -0.15) is 9.78 Å². The number of benzene rings is 3. The molecule has 0 bridgehead atoms. The van der Waals surface area contributed by atoms with Crippen LogP contribution in [-0.4, -0.2) is 58.9 Å². The van der Waals surface area contributed by atoms with E-state index in [1.54, 1.807) is 62.7 Å². The number of pyridine rings is 1. The van der Waals surface area contributed by atoms with Crippen LogP contribution in [0.4, 0.5) is 10.1 Å². The number of aryl methyl sites for hydroxylation is 1. The zero-order valence-corrected chi connectivity index (χ0v) is 26.4. The van der Waals surface area contributed by atoms with Gasteiger partial charge in [0, 0.05) is 42.0 Å². The van der Waals surface area contributed by atoms with E-state index in [1.807, 2.05) is 6.07 Å². The average Bonchev–Trinajstić information content (AvgIpc) is 3.08. The SMILES string of the molecule is COc1cc2c(Oc3ccc(-n4nc(C(=O)Nc5ccccc5)c(C)cc4=O)cc3F)ccnc2cc1OCCCN1CCCCC1. The number of carbonyl (C=O) groups excluding carboxylic acids is 1. The van der Waals surface area contributed by atoms with Crippen molar-refractivity contribution in [3.05, 3.63) is 106 Å². The molecule has 3 heterocycles. The van der Waals surface area contributed by atoms with E-state index in [2.05, 4.69) is 20.3 Å². The van der Waals surface area contributed by atoms with E-state index in [4.69, 9.17) is 14.2 Å². The number of amides is 1. The molecule has 11 heteroatoms. The summed E-state index contributed by atoms with van der Waals surface area (Å²) in [6.45, 7) is 5.45. The predicted molar refractivity (Wildman–Crippen MR) is 178 cm³/mol. The second-order valence-corrected chi connectivity index (χ2v) is 11.4. The molecule has 1 aliphatic rings. The molecule has 2 aromatic heterocycles. The molecule has 6 rings (SSSR count). The molecule has 0 aliphatic carbocycles. The van der Waals surface area contributed by atoms with Crippen LogP contribution in [0.15, 0.2) is 83.8 Å². The fraction of sp³-hybridized carbons (Fsp3) is 0.278. The minimum atomic E-state index is -0.724. The highest BCUT2D eigenvalue weighted by Gasteiger charge is 2.18. The Hall–Kier alpha value is -5.29. The monoisotopic (exact) mass is 637 g/mol. The number of hydrogen-bond donors (Lipinski definition) is 1. The van der Waals surface area contributed by atoms with Gasteiger partial charge in [0.1, 0.15) is 5.75 Å². The van der Waals surface area contributed by atoms with E-state index in [-0.39, 0.29) is 17.1 Å². The van der Waals surface area contributed by atoms with Crippen LogP contribution >= 0.6 is 0 Å². The first kappa shape index (κ1) is 31.7. The Morgan fingerprint density at radius 1 is 0.936 bits per heavy atom. The number of carbonyl (C=O) groups is 1. The van der Waals surface area contributed by atoms with Crippen molar-refractivity contribution in [2.75, 3.05) is 38.7 Å². The Kier molecular flexibility index (Phi) is 9.72. The first-order valence-corrected chi connectivity index (χ1v) is 15.7. The Bertz CT molecular complexity index is 1940. The summed E-state index contributed by atoms with van der Waals surface area (Å²) >= 11 is 0. The summed E-state index contributed by atoms with van der Waals surface area (Å²) in [6.07, 6.45) is 6.30. The molecule has 1 N–H and O–H groups in total. The van der Waals surface area contributed by atoms with Crippen LogP contribution in [0.5, 0.6) is 23.0 Å². The second-order valence-electron chi connectivity index (χ2n) is 11.4. The maximum atomic E-state index is 15.5. The van der Waals surface area contributed by atoms with Gasteiger partial charge in [0.05, 0.1) is 24.9 Å². The standard InChI is InChI=1S/C36H36FN5O5/c1-24-20-34(43)42(40-35(24)36(44)39-25-10-5-3-6-11-25)26-12-13-31(28(37)21-26)47-30-14-15-38-29-23-33(32(45-2)22-27(29)30)46-19-9-18-41-16-7-4-8-17-41/h3,5-6,10-15,20-23H,4,7-9,16-19H2,1-2H3,(H,39,44). The third-order valence-electron chi connectivity index (χ3n) is 8.06. The smallest absolute Gasteiger partial charge is 0.276 e. The molecule has 0 saturated carbocycles. The lowest BCUT2D eigenvalue weighted by atomic mass is 10.1. The van der Waals surface area contributed by atoms with Crippen LogP contribution in [0.1, 0.15) is 41.7 Å². The molecule has 0 unspecified atom stereocenters. The lowest BCUT2D eigenvalue weighted by molar-refractivity contribution is 0.102. The maximum Gasteiger partial charge on any atom is 0.276 e. The molecule has 1 saturated heterocycles. The van der Waals surface area contributed by atoms with Gasteiger partial charge in [0.2, 0.25) is 0 Å². The Morgan fingerprint density at radius 2 is 1.74 bits per heavy atom. The van der Waals surface area contributed by atoms with Gasteiger partial charge in [0.25, 0.3) is 11.5 Å². The third kappa shape index (κ3) is 7.41. The van der Waals surface area contributed by atoms with Crippen molar-refractivity contribution in [2.45, 2.75) is 32.6 Å². The predicted octanol–water partition coefficient (Wildman–Crippen LogP) is 6.54. The van der Waals surface area contributed by atoms with Gasteiger partial charge in [-0.1, -0.05) is 24.6 Å². The molecule has 0 radical (unpaired) electrons. The van der Waals surface area contributed by atoms with E-state index in [0.717, 1.165) is 36.8 Å². The van der Waals surface area contributed by atoms with Gasteiger partial charge in [-0.15, -0.1) is 0 Å². The Morgan fingerprint density at radius 3 is 2.51 bits per heavy atom. The number of piperidine rings is 1. The topological polar surface area (TPSA) is 108 Å². The van der Waals surface area contributed by atoms with E-state index in [0.29, 0.717) is 46.0 Å².